The number of benzene rings is 1. The highest BCUT2D eigenvalue weighted by atomic mass is 79.9. The molecule has 0 aliphatic carbocycles. The Morgan fingerprint density at radius 1 is 1.47 bits per heavy atom. The molecule has 1 atom stereocenters. The van der Waals surface area contributed by atoms with Gasteiger partial charge in [0.25, 0.3) is 0 Å². The van der Waals surface area contributed by atoms with Crippen LogP contribution < -0.4 is 10.5 Å². The molecule has 1 aromatic carbocycles. The van der Waals surface area contributed by atoms with Gasteiger partial charge in [-0.05, 0) is 18.6 Å². The lowest BCUT2D eigenvalue weighted by Gasteiger charge is -2.17. The Kier molecular flexibility index (Phi) is 5.88. The number of nitrogens with two attached hydrogens (primary N) is 1. The second kappa shape index (κ2) is 6.58. The number of halogens is 3. The zero-order chi connectivity index (χ0) is 14.8. The van der Waals surface area contributed by atoms with Gasteiger partial charge in [-0.25, -0.2) is 8.42 Å². The molecule has 0 radical (unpaired) electrons. The average molecular weight is 406 g/mol. The van der Waals surface area contributed by atoms with Crippen LogP contribution in [-0.4, -0.2) is 18.7 Å². The molecule has 1 aromatic rings. The van der Waals surface area contributed by atoms with Crippen molar-refractivity contribution in [2.75, 3.05) is 4.72 Å². The van der Waals surface area contributed by atoms with E-state index in [4.69, 9.17) is 41.2 Å². The maximum atomic E-state index is 12.2. The second-order valence-corrected chi connectivity index (χ2v) is 7.76. The van der Waals surface area contributed by atoms with E-state index in [1.165, 1.54) is 12.1 Å². The summed E-state index contributed by atoms with van der Waals surface area (Å²) in [6.07, 6.45) is 0.260. The van der Waals surface area contributed by atoms with Gasteiger partial charge in [0.05, 0.1) is 20.7 Å². The highest BCUT2D eigenvalue weighted by molar-refractivity contribution is 9.10. The first-order chi connectivity index (χ1) is 8.69. The Bertz CT molecular complexity index is 585. The lowest BCUT2D eigenvalue weighted by molar-refractivity contribution is 0.594. The number of nitrogens with one attached hydrogen (secondary N) is 1. The predicted octanol–water partition coefficient (Wildman–Crippen LogP) is 3.56. The number of hydrogen-bond donors (Lipinski definition) is 2. The van der Waals surface area contributed by atoms with Gasteiger partial charge < -0.3 is 5.73 Å². The minimum atomic E-state index is -3.78. The normalized spacial score (nSPS) is 13.1. The molecule has 0 aliphatic rings. The van der Waals surface area contributed by atoms with Gasteiger partial charge in [-0.3, -0.25) is 4.72 Å². The molecule has 0 heterocycles. The molecule has 4 nitrogen and oxygen atoms in total. The largest absolute Gasteiger partial charge is 0.392 e. The van der Waals surface area contributed by atoms with Gasteiger partial charge >= 0.3 is 0 Å². The molecular weight excluding hydrogens is 395 g/mol. The van der Waals surface area contributed by atoms with Crippen LogP contribution in [0.3, 0.4) is 0 Å². The first kappa shape index (κ1) is 17.0. The number of hydrogen-bond acceptors (Lipinski definition) is 3. The van der Waals surface area contributed by atoms with Crippen LogP contribution >= 0.6 is 51.3 Å². The summed E-state index contributed by atoms with van der Waals surface area (Å²) in [6.45, 7) is 1.67. The van der Waals surface area contributed by atoms with E-state index >= 15 is 0 Å². The van der Waals surface area contributed by atoms with Crippen LogP contribution in [0.25, 0.3) is 0 Å². The summed E-state index contributed by atoms with van der Waals surface area (Å²) in [5, 5.41) is -0.611. The van der Waals surface area contributed by atoms with Crippen molar-refractivity contribution >= 4 is 72.0 Å². The Hall–Kier alpha value is -0.0800. The van der Waals surface area contributed by atoms with Gasteiger partial charge in [0, 0.05) is 4.47 Å². The Morgan fingerprint density at radius 3 is 2.32 bits per heavy atom. The van der Waals surface area contributed by atoms with Crippen molar-refractivity contribution in [2.24, 2.45) is 5.73 Å². The number of sulfonamides is 1. The molecule has 0 aromatic heterocycles. The quantitative estimate of drug-likeness (QED) is 0.734. The predicted molar refractivity (Wildman–Crippen MR) is 87.6 cm³/mol. The van der Waals surface area contributed by atoms with Gasteiger partial charge in [0.2, 0.25) is 10.0 Å². The minimum absolute atomic E-state index is 0.0978. The molecule has 0 fully saturated rings. The Morgan fingerprint density at radius 2 is 1.95 bits per heavy atom. The van der Waals surface area contributed by atoms with Crippen molar-refractivity contribution in [3.63, 3.8) is 0 Å². The van der Waals surface area contributed by atoms with Crippen LogP contribution in [-0.2, 0) is 10.0 Å². The van der Waals surface area contributed by atoms with Crippen LogP contribution in [0.2, 0.25) is 10.0 Å². The summed E-state index contributed by atoms with van der Waals surface area (Å²) in [5.74, 6) is 0. The summed E-state index contributed by atoms with van der Waals surface area (Å²) in [4.78, 5) is -0.0978. The molecule has 0 saturated carbocycles. The van der Waals surface area contributed by atoms with Gasteiger partial charge in [0.15, 0.2) is 0 Å². The third kappa shape index (κ3) is 4.19. The minimum Gasteiger partial charge on any atom is -0.392 e. The highest BCUT2D eigenvalue weighted by Crippen LogP contribution is 2.35. The van der Waals surface area contributed by atoms with Crippen LogP contribution in [0.4, 0.5) is 5.69 Å². The molecule has 1 unspecified atom stereocenters. The Labute approximate surface area is 135 Å². The Balaban J connectivity index is 3.19. The summed E-state index contributed by atoms with van der Waals surface area (Å²) < 4.78 is 27.3. The number of anilines is 1. The third-order valence-corrected chi connectivity index (χ3v) is 5.63. The molecule has 19 heavy (non-hydrogen) atoms. The van der Waals surface area contributed by atoms with Gasteiger partial charge in [-0.2, -0.15) is 0 Å². The van der Waals surface area contributed by atoms with Crippen molar-refractivity contribution < 1.29 is 8.42 Å². The number of thiocarbonyl (C=S) groups is 1. The van der Waals surface area contributed by atoms with Crippen LogP contribution in [0.15, 0.2) is 16.6 Å². The van der Waals surface area contributed by atoms with E-state index in [2.05, 4.69) is 20.7 Å². The monoisotopic (exact) mass is 404 g/mol. The zero-order valence-corrected chi connectivity index (χ0v) is 14.5. The van der Waals surface area contributed by atoms with E-state index in [1.54, 1.807) is 6.92 Å². The SMILES string of the molecule is CCC(C(N)=S)S(=O)(=O)Nc1c(Cl)cc(Br)cc1Cl. The van der Waals surface area contributed by atoms with Crippen LogP contribution in [0.1, 0.15) is 13.3 Å². The molecule has 9 heteroatoms. The zero-order valence-electron chi connectivity index (χ0n) is 9.78. The van der Waals surface area contributed by atoms with Crippen molar-refractivity contribution in [3.05, 3.63) is 26.7 Å². The molecule has 0 saturated heterocycles. The standard InChI is InChI=1S/C10H11BrCl2N2O2S2/c1-2-8(10(14)18)19(16,17)15-9-6(12)3-5(11)4-7(9)13/h3-4,8,15H,2H2,1H3,(H2,14,18). The fourth-order valence-electron chi connectivity index (χ4n) is 1.43. The third-order valence-electron chi connectivity index (χ3n) is 2.31. The van der Waals surface area contributed by atoms with Crippen molar-refractivity contribution in [3.8, 4) is 0 Å². The second-order valence-electron chi connectivity index (χ2n) is 3.69. The lowest BCUT2D eigenvalue weighted by atomic mass is 10.3. The van der Waals surface area contributed by atoms with Crippen LogP contribution in [0, 0.1) is 0 Å². The van der Waals surface area contributed by atoms with E-state index in [9.17, 15) is 8.42 Å². The average Bonchev–Trinajstić information content (AvgIpc) is 2.23. The molecule has 0 aliphatic heterocycles. The summed E-state index contributed by atoms with van der Waals surface area (Å²) >= 11 is 19.9. The van der Waals surface area contributed by atoms with Crippen molar-refractivity contribution in [2.45, 2.75) is 18.6 Å². The fraction of sp³-hybridized carbons (Fsp3) is 0.300. The lowest BCUT2D eigenvalue weighted by Crippen LogP contribution is -2.37. The molecule has 1 rings (SSSR count). The van der Waals surface area contributed by atoms with E-state index in [1.807, 2.05) is 0 Å². The van der Waals surface area contributed by atoms with Crippen LogP contribution in [0.5, 0.6) is 0 Å². The molecular formula is C10H11BrCl2N2O2S2. The first-order valence-corrected chi connectivity index (χ1v) is 8.65. The van der Waals surface area contributed by atoms with E-state index in [-0.39, 0.29) is 27.1 Å². The molecule has 106 valence electrons. The van der Waals surface area contributed by atoms with E-state index < -0.39 is 15.3 Å². The first-order valence-electron chi connectivity index (χ1n) is 5.14. The van der Waals surface area contributed by atoms with E-state index in [0.29, 0.717) is 4.47 Å². The fourth-order valence-corrected chi connectivity index (χ4v) is 4.78. The maximum absolute atomic E-state index is 12.2. The summed E-state index contributed by atoms with van der Waals surface area (Å²) in [5.41, 5.74) is 5.54. The summed E-state index contributed by atoms with van der Waals surface area (Å²) in [7, 11) is -3.78. The number of rotatable bonds is 5. The highest BCUT2D eigenvalue weighted by Gasteiger charge is 2.27. The topological polar surface area (TPSA) is 72.2 Å². The van der Waals surface area contributed by atoms with Gasteiger partial charge in [0.1, 0.15) is 5.25 Å². The molecule has 3 N–H and O–H groups in total. The van der Waals surface area contributed by atoms with E-state index in [0.717, 1.165) is 0 Å². The molecule has 0 spiro atoms. The molecule has 0 amide bonds. The maximum Gasteiger partial charge on any atom is 0.242 e. The van der Waals surface area contributed by atoms with Crippen molar-refractivity contribution in [1.29, 1.82) is 0 Å². The summed E-state index contributed by atoms with van der Waals surface area (Å²) in [6, 6.07) is 3.07. The molecule has 0 bridgehead atoms. The van der Waals surface area contributed by atoms with Crippen molar-refractivity contribution in [1.82, 2.24) is 0 Å². The smallest absolute Gasteiger partial charge is 0.242 e. The van der Waals surface area contributed by atoms with Gasteiger partial charge in [-0.1, -0.05) is 58.3 Å². The van der Waals surface area contributed by atoms with Gasteiger partial charge in [-0.15, -0.1) is 0 Å².